The fourth-order valence-corrected chi connectivity index (χ4v) is 20.6. The van der Waals surface area contributed by atoms with Gasteiger partial charge < -0.3 is 21.7 Å². The molecule has 2 aliphatic rings. The van der Waals surface area contributed by atoms with Crippen molar-refractivity contribution in [1.29, 1.82) is 0 Å². The van der Waals surface area contributed by atoms with Crippen LogP contribution in [0.2, 0.25) is 44.9 Å². The predicted octanol–water partition coefficient (Wildman–Crippen LogP) is 10.9. The highest BCUT2D eigenvalue weighted by Gasteiger charge is 2.31. The molecule has 52 heavy (non-hydrogen) atoms. The van der Waals surface area contributed by atoms with Gasteiger partial charge in [-0.15, -0.1) is 0 Å². The minimum absolute atomic E-state index is 0. The van der Waals surface area contributed by atoms with E-state index in [0.717, 1.165) is 61.0 Å². The molecule has 1 saturated carbocycles. The molecule has 0 radical (unpaired) electrons. The molecule has 1 aliphatic carbocycles. The van der Waals surface area contributed by atoms with E-state index in [1.165, 1.54) is 23.3 Å². The maximum atomic E-state index is 10.5. The van der Waals surface area contributed by atoms with Gasteiger partial charge in [0, 0.05) is 39.7 Å². The first kappa shape index (κ1) is 42.9. The lowest BCUT2D eigenvalue weighted by Gasteiger charge is -2.25. The summed E-state index contributed by atoms with van der Waals surface area (Å²) in [6.45, 7) is 14.8. The molecule has 1 aliphatic heterocycles. The Morgan fingerprint density at radius 3 is 1.60 bits per heavy atom. The highest BCUT2D eigenvalue weighted by molar-refractivity contribution is 6.94. The summed E-state index contributed by atoms with van der Waals surface area (Å²) >= 11 is 0. The third-order valence-electron chi connectivity index (χ3n) is 9.70. The van der Waals surface area contributed by atoms with Crippen molar-refractivity contribution in [2.75, 3.05) is 11.5 Å². The van der Waals surface area contributed by atoms with Gasteiger partial charge in [-0.05, 0) is 96.9 Å². The molecule has 6 rings (SSSR count). The van der Waals surface area contributed by atoms with Crippen LogP contribution >= 0.6 is 0 Å². The summed E-state index contributed by atoms with van der Waals surface area (Å²) < 4.78 is 0. The molecule has 1 heterocycles. The van der Waals surface area contributed by atoms with Gasteiger partial charge in [0.15, 0.2) is 0 Å². The van der Waals surface area contributed by atoms with E-state index in [1.807, 2.05) is 97.1 Å². The number of nitrogens with zero attached hydrogens (tertiary/aromatic N) is 1. The van der Waals surface area contributed by atoms with Crippen molar-refractivity contribution in [2.24, 2.45) is 16.8 Å². The Balaban J connectivity index is 0.000000225. The smallest absolute Gasteiger partial charge is 0.101 e. The maximum absolute atomic E-state index is 10.5. The van der Waals surface area contributed by atoms with Gasteiger partial charge in [0.1, 0.15) is 6.10 Å². The van der Waals surface area contributed by atoms with E-state index in [9.17, 15) is 10.2 Å². The third kappa shape index (κ3) is 14.9. The van der Waals surface area contributed by atoms with Crippen LogP contribution in [0.15, 0.2) is 114 Å². The summed E-state index contributed by atoms with van der Waals surface area (Å²) in [7, 11) is -1.46. The van der Waals surface area contributed by atoms with Crippen LogP contribution in [0.25, 0.3) is 0 Å². The molecule has 0 amide bonds. The van der Waals surface area contributed by atoms with E-state index in [4.69, 9.17) is 16.5 Å². The second-order valence-electron chi connectivity index (χ2n) is 17.1. The zero-order chi connectivity index (χ0) is 37.0. The van der Waals surface area contributed by atoms with Crippen LogP contribution in [-0.2, 0) is 12.8 Å². The Morgan fingerprint density at radius 1 is 0.635 bits per heavy atom. The van der Waals surface area contributed by atoms with Crippen molar-refractivity contribution < 1.29 is 10.2 Å². The summed E-state index contributed by atoms with van der Waals surface area (Å²) in [5.41, 5.74) is 20.3. The number of aliphatic imine (C=N–C) groups is 1. The first-order valence-electron chi connectivity index (χ1n) is 18.9. The van der Waals surface area contributed by atoms with Crippen LogP contribution in [0.3, 0.4) is 0 Å². The molecule has 0 aromatic heterocycles. The number of nitrogens with two attached hydrogens (primary N) is 2. The van der Waals surface area contributed by atoms with Crippen LogP contribution in [0.5, 0.6) is 0 Å². The number of anilines is 2. The summed E-state index contributed by atoms with van der Waals surface area (Å²) in [6, 6.07) is 35.9. The minimum Gasteiger partial charge on any atom is -0.399 e. The van der Waals surface area contributed by atoms with Crippen LogP contribution in [0, 0.1) is 11.8 Å². The largest absolute Gasteiger partial charge is 0.399 e. The van der Waals surface area contributed by atoms with Gasteiger partial charge in [-0.1, -0.05) is 137 Å². The van der Waals surface area contributed by atoms with E-state index in [-0.39, 0.29) is 19.6 Å². The second-order valence-corrected chi connectivity index (χ2v) is 28.8. The molecule has 5 atom stereocenters. The topological polar surface area (TPSA) is 105 Å². The number of hydrogen-bond donors (Lipinski definition) is 4. The molecule has 282 valence electrons. The number of aliphatic hydroxyl groups is 2. The van der Waals surface area contributed by atoms with Gasteiger partial charge in [0.25, 0.3) is 0 Å². The normalized spacial score (nSPS) is 19.5. The first-order valence-corrected chi connectivity index (χ1v) is 26.3. The van der Waals surface area contributed by atoms with E-state index in [0.29, 0.717) is 11.8 Å². The number of rotatable bonds is 10. The maximum Gasteiger partial charge on any atom is 0.101 e. The Labute approximate surface area is 317 Å². The van der Waals surface area contributed by atoms with Gasteiger partial charge in [0.2, 0.25) is 0 Å². The molecular formula is C45H67N3O2Si2. The van der Waals surface area contributed by atoms with Crippen LogP contribution < -0.4 is 11.5 Å². The van der Waals surface area contributed by atoms with E-state index < -0.39 is 22.3 Å². The SMILES string of the molecule is C.C[Si](C)(C)C[Si](C)(C)C.Nc1ccc(CC2=N[C@@H]([C@H](O)c3ccccc3)CC2)cc1.Nc1ccc(C[C@@H]2CC[C@H]([C@H](O)c3ccccc3)C2)cc1. The van der Waals surface area contributed by atoms with Crippen molar-refractivity contribution in [3.05, 3.63) is 131 Å². The lowest BCUT2D eigenvalue weighted by atomic mass is 9.91. The number of nitrogen functional groups attached to an aromatic ring is 2. The predicted molar refractivity (Wildman–Crippen MR) is 231 cm³/mol. The van der Waals surface area contributed by atoms with Gasteiger partial charge in [-0.3, -0.25) is 4.99 Å². The average Bonchev–Trinajstić information content (AvgIpc) is 3.76. The standard InChI is InChI=1S/C19H23NO.C18H20N2O.C7H20Si2.CH4/c20-18-10-7-14(8-11-18)12-15-6-9-17(13-15)19(21)16-4-2-1-3-5-16;19-15-8-6-13(7-9-15)12-16-10-11-17(20-16)18(21)14-4-2-1-3-5-14;1-8(2,3)7-9(4,5)6;/h1-5,7-8,10-11,15,17,19,21H,6,9,12-13,20H2;1-9,17-18,21H,10-12,19H2;7H2,1-6H3;1H4/t15-,17-,19+;17-,18-;;/m01../s1. The van der Waals surface area contributed by atoms with Gasteiger partial charge in [0.05, 0.1) is 12.1 Å². The Hall–Kier alpha value is -3.50. The molecule has 0 unspecified atom stereocenters. The van der Waals surface area contributed by atoms with Crippen LogP contribution in [0.4, 0.5) is 11.4 Å². The average molecular weight is 738 g/mol. The molecule has 0 bridgehead atoms. The lowest BCUT2D eigenvalue weighted by Crippen LogP contribution is -2.34. The third-order valence-corrected chi connectivity index (χ3v) is 18.2. The Bertz CT molecular complexity index is 1600. The van der Waals surface area contributed by atoms with Crippen molar-refractivity contribution in [3.63, 3.8) is 0 Å². The Morgan fingerprint density at radius 2 is 1.12 bits per heavy atom. The molecule has 5 nitrogen and oxygen atoms in total. The minimum atomic E-state index is -0.731. The highest BCUT2D eigenvalue weighted by atomic mass is 28.4. The van der Waals surface area contributed by atoms with Gasteiger partial charge in [-0.25, -0.2) is 0 Å². The summed E-state index contributed by atoms with van der Waals surface area (Å²) in [5.74, 6) is 1.07. The monoisotopic (exact) mass is 737 g/mol. The zero-order valence-electron chi connectivity index (χ0n) is 31.9. The van der Waals surface area contributed by atoms with Gasteiger partial charge >= 0.3 is 0 Å². The summed E-state index contributed by atoms with van der Waals surface area (Å²) in [4.78, 5) is 4.72. The molecule has 0 saturated heterocycles. The molecule has 7 heteroatoms. The fourth-order valence-electron chi connectivity index (χ4n) is 7.87. The Kier molecular flexibility index (Phi) is 16.6. The van der Waals surface area contributed by atoms with Gasteiger partial charge in [-0.2, -0.15) is 0 Å². The summed E-state index contributed by atoms with van der Waals surface area (Å²) in [5, 5.41) is 20.9. The van der Waals surface area contributed by atoms with E-state index in [2.05, 4.69) is 51.4 Å². The second kappa shape index (κ2) is 20.1. The van der Waals surface area contributed by atoms with E-state index >= 15 is 0 Å². The zero-order valence-corrected chi connectivity index (χ0v) is 33.9. The molecule has 6 N–H and O–H groups in total. The number of benzene rings is 4. The molecular weight excluding hydrogens is 671 g/mol. The first-order chi connectivity index (χ1) is 24.1. The van der Waals surface area contributed by atoms with Crippen molar-refractivity contribution in [1.82, 2.24) is 0 Å². The highest BCUT2D eigenvalue weighted by Crippen LogP contribution is 2.40. The van der Waals surface area contributed by atoms with Crippen LogP contribution in [-0.4, -0.2) is 38.1 Å². The van der Waals surface area contributed by atoms with Crippen molar-refractivity contribution in [2.45, 2.75) is 116 Å². The molecule has 1 fully saturated rings. The number of aliphatic hydroxyl groups excluding tert-OH is 2. The molecule has 4 aromatic carbocycles. The number of hydrogen-bond acceptors (Lipinski definition) is 5. The molecule has 4 aromatic rings. The molecule has 0 spiro atoms. The quantitative estimate of drug-likeness (QED) is 0.0960. The van der Waals surface area contributed by atoms with E-state index in [1.54, 1.807) is 5.67 Å². The van der Waals surface area contributed by atoms with Crippen molar-refractivity contribution in [3.8, 4) is 0 Å². The van der Waals surface area contributed by atoms with Crippen molar-refractivity contribution >= 4 is 33.2 Å². The lowest BCUT2D eigenvalue weighted by molar-refractivity contribution is 0.109. The summed E-state index contributed by atoms with van der Waals surface area (Å²) in [6.07, 6.45) is 6.43. The fraction of sp³-hybridized carbons (Fsp3) is 0.444. The van der Waals surface area contributed by atoms with Crippen LogP contribution in [0.1, 0.15) is 74.0 Å².